The van der Waals surface area contributed by atoms with Gasteiger partial charge in [-0.1, -0.05) is 54.6 Å². The number of hydrogen-bond donors (Lipinski definition) is 3. The van der Waals surface area contributed by atoms with E-state index in [1.165, 1.54) is 29.7 Å². The molecule has 0 aliphatic heterocycles. The Kier molecular flexibility index (Phi) is 5.36. The molecule has 0 aliphatic rings. The van der Waals surface area contributed by atoms with Gasteiger partial charge in [0.25, 0.3) is 0 Å². The van der Waals surface area contributed by atoms with Crippen LogP contribution in [0.5, 0.6) is 17.2 Å². The average Bonchev–Trinajstić information content (AvgIpc) is 3.20. The summed E-state index contributed by atoms with van der Waals surface area (Å²) in [5.74, 6) is -1.40. The van der Waals surface area contributed by atoms with Crippen molar-refractivity contribution in [3.63, 3.8) is 0 Å². The van der Waals surface area contributed by atoms with E-state index in [2.05, 4.69) is 34.4 Å². The number of aromatic nitrogens is 1. The molecule has 0 spiro atoms. The SMILES string of the molecule is CN=c1scc(-c2ccc(-c3ccccc3)cc2)n1N=Cc1ccc(O)c(O)c1O. The van der Waals surface area contributed by atoms with Crippen LogP contribution < -0.4 is 4.80 Å². The highest BCUT2D eigenvalue weighted by Gasteiger charge is 2.11. The second-order valence-electron chi connectivity index (χ2n) is 6.50. The van der Waals surface area contributed by atoms with Crippen LogP contribution in [-0.4, -0.2) is 33.3 Å². The zero-order valence-corrected chi connectivity index (χ0v) is 16.9. The maximum Gasteiger partial charge on any atom is 0.205 e. The van der Waals surface area contributed by atoms with Crippen LogP contribution in [0.3, 0.4) is 0 Å². The van der Waals surface area contributed by atoms with Crippen molar-refractivity contribution in [2.75, 3.05) is 7.05 Å². The number of phenolic OH excluding ortho intramolecular Hbond substituents is 3. The molecule has 0 fully saturated rings. The van der Waals surface area contributed by atoms with Crippen molar-refractivity contribution in [2.45, 2.75) is 0 Å². The van der Waals surface area contributed by atoms with Gasteiger partial charge in [0.1, 0.15) is 0 Å². The van der Waals surface area contributed by atoms with Gasteiger partial charge in [0.2, 0.25) is 10.6 Å². The third kappa shape index (κ3) is 3.70. The topological polar surface area (TPSA) is 90.3 Å². The number of thiazole rings is 1. The minimum atomic E-state index is -0.577. The van der Waals surface area contributed by atoms with E-state index in [-0.39, 0.29) is 5.56 Å². The predicted octanol–water partition coefficient (Wildman–Crippen LogP) is 4.41. The highest BCUT2D eigenvalue weighted by molar-refractivity contribution is 7.07. The zero-order chi connectivity index (χ0) is 21.1. The van der Waals surface area contributed by atoms with Gasteiger partial charge in [-0.25, -0.2) is 4.68 Å². The Morgan fingerprint density at radius 2 is 1.47 bits per heavy atom. The number of phenols is 3. The zero-order valence-electron chi connectivity index (χ0n) is 16.1. The number of hydrogen-bond acceptors (Lipinski definition) is 6. The monoisotopic (exact) mass is 417 g/mol. The summed E-state index contributed by atoms with van der Waals surface area (Å²) in [5, 5.41) is 35.6. The summed E-state index contributed by atoms with van der Waals surface area (Å²) in [6.07, 6.45) is 1.41. The maximum absolute atomic E-state index is 10.0. The van der Waals surface area contributed by atoms with E-state index in [1.54, 1.807) is 11.7 Å². The Labute approximate surface area is 177 Å². The average molecular weight is 417 g/mol. The van der Waals surface area contributed by atoms with Crippen LogP contribution in [0.25, 0.3) is 22.4 Å². The first-order valence-electron chi connectivity index (χ1n) is 9.16. The number of nitrogens with zero attached hydrogens (tertiary/aromatic N) is 3. The quantitative estimate of drug-likeness (QED) is 0.339. The van der Waals surface area contributed by atoms with Gasteiger partial charge in [0, 0.05) is 23.6 Å². The lowest BCUT2D eigenvalue weighted by atomic mass is 10.0. The van der Waals surface area contributed by atoms with Crippen molar-refractivity contribution in [1.29, 1.82) is 0 Å². The van der Waals surface area contributed by atoms with Crippen molar-refractivity contribution < 1.29 is 15.3 Å². The van der Waals surface area contributed by atoms with Crippen LogP contribution in [0.2, 0.25) is 0 Å². The van der Waals surface area contributed by atoms with Crippen LogP contribution in [-0.2, 0) is 0 Å². The molecular weight excluding hydrogens is 398 g/mol. The van der Waals surface area contributed by atoms with Crippen LogP contribution >= 0.6 is 11.3 Å². The van der Waals surface area contributed by atoms with Crippen LogP contribution in [0.1, 0.15) is 5.56 Å². The second kappa shape index (κ2) is 8.26. The maximum atomic E-state index is 10.0. The van der Waals surface area contributed by atoms with Gasteiger partial charge >= 0.3 is 0 Å². The van der Waals surface area contributed by atoms with Gasteiger partial charge < -0.3 is 15.3 Å². The largest absolute Gasteiger partial charge is 0.504 e. The molecule has 0 radical (unpaired) electrons. The molecule has 0 amide bonds. The van der Waals surface area contributed by atoms with E-state index in [0.717, 1.165) is 22.4 Å². The van der Waals surface area contributed by atoms with Crippen molar-refractivity contribution in [3.8, 4) is 39.6 Å². The van der Waals surface area contributed by atoms with Gasteiger partial charge in [-0.3, -0.25) is 4.99 Å². The first-order chi connectivity index (χ1) is 14.6. The highest BCUT2D eigenvalue weighted by Crippen LogP contribution is 2.36. The minimum absolute atomic E-state index is 0.274. The Balaban J connectivity index is 1.72. The summed E-state index contributed by atoms with van der Waals surface area (Å²) in [6.45, 7) is 0. The summed E-state index contributed by atoms with van der Waals surface area (Å²) >= 11 is 1.45. The van der Waals surface area contributed by atoms with Crippen LogP contribution in [0, 0.1) is 0 Å². The molecule has 150 valence electrons. The second-order valence-corrected chi connectivity index (χ2v) is 7.33. The fraction of sp³-hybridized carbons (Fsp3) is 0.0435. The van der Waals surface area contributed by atoms with Gasteiger partial charge in [-0.05, 0) is 23.3 Å². The molecule has 3 N–H and O–H groups in total. The lowest BCUT2D eigenvalue weighted by molar-refractivity contribution is 0.367. The van der Waals surface area contributed by atoms with Crippen LogP contribution in [0.15, 0.2) is 82.2 Å². The van der Waals surface area contributed by atoms with Gasteiger partial charge in [0.05, 0.1) is 11.9 Å². The van der Waals surface area contributed by atoms with Gasteiger partial charge in [-0.15, -0.1) is 11.3 Å². The Morgan fingerprint density at radius 3 is 2.17 bits per heavy atom. The lowest BCUT2D eigenvalue weighted by Gasteiger charge is -2.07. The van der Waals surface area contributed by atoms with E-state index in [0.29, 0.717) is 4.80 Å². The summed E-state index contributed by atoms with van der Waals surface area (Å²) in [4.78, 5) is 4.94. The van der Waals surface area contributed by atoms with Gasteiger partial charge in [-0.2, -0.15) is 5.10 Å². The van der Waals surface area contributed by atoms with Crippen molar-refractivity contribution in [2.24, 2.45) is 10.1 Å². The van der Waals surface area contributed by atoms with E-state index in [1.807, 2.05) is 35.7 Å². The normalized spacial score (nSPS) is 12.0. The van der Waals surface area contributed by atoms with E-state index in [9.17, 15) is 15.3 Å². The smallest absolute Gasteiger partial charge is 0.205 e. The van der Waals surface area contributed by atoms with E-state index < -0.39 is 17.2 Å². The van der Waals surface area contributed by atoms with Crippen molar-refractivity contribution in [1.82, 2.24) is 4.68 Å². The van der Waals surface area contributed by atoms with Gasteiger partial charge in [0.15, 0.2) is 11.5 Å². The summed E-state index contributed by atoms with van der Waals surface area (Å²) < 4.78 is 1.67. The predicted molar refractivity (Wildman–Crippen MR) is 119 cm³/mol. The summed E-state index contributed by atoms with van der Waals surface area (Å²) in [7, 11) is 1.68. The lowest BCUT2D eigenvalue weighted by Crippen LogP contribution is -2.11. The molecule has 4 aromatic rings. The summed E-state index contributed by atoms with van der Waals surface area (Å²) in [5.41, 5.74) is 4.35. The fourth-order valence-corrected chi connectivity index (χ4v) is 3.84. The molecule has 0 aliphatic carbocycles. The number of aromatic hydroxyl groups is 3. The molecule has 0 atom stereocenters. The molecule has 0 bridgehead atoms. The third-order valence-electron chi connectivity index (χ3n) is 4.64. The fourth-order valence-electron chi connectivity index (χ4n) is 3.03. The number of rotatable bonds is 4. The third-order valence-corrected chi connectivity index (χ3v) is 5.55. The molecule has 1 aromatic heterocycles. The first-order valence-corrected chi connectivity index (χ1v) is 10.0. The molecular formula is C23H19N3O3S. The molecule has 0 saturated heterocycles. The molecule has 0 saturated carbocycles. The minimum Gasteiger partial charge on any atom is -0.504 e. The van der Waals surface area contributed by atoms with Crippen LogP contribution in [0.4, 0.5) is 0 Å². The Hall–Kier alpha value is -3.84. The Bertz CT molecular complexity index is 1270. The molecule has 6 nitrogen and oxygen atoms in total. The molecule has 1 heterocycles. The first kappa shape index (κ1) is 19.5. The molecule has 30 heavy (non-hydrogen) atoms. The Morgan fingerprint density at radius 1 is 0.800 bits per heavy atom. The van der Waals surface area contributed by atoms with Crippen molar-refractivity contribution >= 4 is 17.6 Å². The summed E-state index contributed by atoms with van der Waals surface area (Å²) in [6, 6.07) is 21.1. The molecule has 7 heteroatoms. The van der Waals surface area contributed by atoms with Crippen molar-refractivity contribution in [3.05, 3.63) is 82.5 Å². The van der Waals surface area contributed by atoms with E-state index >= 15 is 0 Å². The standard InChI is InChI=1S/C23H19N3O3S/c1-24-23-26(25-13-18-11-12-20(27)22(29)21(18)28)19(14-30-23)17-9-7-16(8-10-17)15-5-3-2-4-6-15/h2-14,27-29H,1H3. The molecule has 4 rings (SSSR count). The number of benzene rings is 3. The molecule has 3 aromatic carbocycles. The molecule has 0 unspecified atom stereocenters. The van der Waals surface area contributed by atoms with E-state index in [4.69, 9.17) is 0 Å². The highest BCUT2D eigenvalue weighted by atomic mass is 32.1.